The molecule has 0 aliphatic rings. The second-order valence-corrected chi connectivity index (χ2v) is 8.44. The van der Waals surface area contributed by atoms with Gasteiger partial charge in [-0.05, 0) is 72.3 Å². The number of nitrogens with one attached hydrogen (secondary N) is 2. The first-order valence-corrected chi connectivity index (χ1v) is 11.2. The minimum absolute atomic E-state index is 0.113. The lowest BCUT2D eigenvalue weighted by atomic mass is 10.0. The zero-order chi connectivity index (χ0) is 24.5. The molecule has 0 saturated heterocycles. The van der Waals surface area contributed by atoms with Gasteiger partial charge in [0.1, 0.15) is 11.9 Å². The fourth-order valence-corrected chi connectivity index (χ4v) is 4.08. The summed E-state index contributed by atoms with van der Waals surface area (Å²) in [4.78, 5) is 35.6. The number of hydrogen-bond donors (Lipinski definition) is 4. The van der Waals surface area contributed by atoms with E-state index in [1.54, 1.807) is 43.3 Å². The molecule has 2 aromatic carbocycles. The van der Waals surface area contributed by atoms with E-state index in [4.69, 9.17) is 14.7 Å². The van der Waals surface area contributed by atoms with Crippen LogP contribution in [0.1, 0.15) is 35.9 Å². The molecule has 0 aliphatic carbocycles. The predicted octanol–water partition coefficient (Wildman–Crippen LogP) is 4.88. The maximum Gasteiger partial charge on any atom is 0.412 e. The molecule has 9 nitrogen and oxygen atoms in total. The van der Waals surface area contributed by atoms with Crippen molar-refractivity contribution in [3.63, 3.8) is 0 Å². The molecule has 2 atom stereocenters. The highest BCUT2D eigenvalue weighted by Gasteiger charge is 2.30. The fourth-order valence-electron chi connectivity index (χ4n) is 2.82. The highest BCUT2D eigenvalue weighted by molar-refractivity contribution is 9.11. The number of anilines is 1. The summed E-state index contributed by atoms with van der Waals surface area (Å²) in [5.74, 6) is -1.11. The average molecular weight is 586 g/mol. The van der Waals surface area contributed by atoms with E-state index in [0.717, 1.165) is 6.08 Å². The number of phenolic OH excluding ortho intramolecular Hbond substituents is 1. The largest absolute Gasteiger partial charge is 0.506 e. The van der Waals surface area contributed by atoms with E-state index < -0.39 is 24.2 Å². The van der Waals surface area contributed by atoms with Crippen LogP contribution in [0.4, 0.5) is 10.5 Å². The van der Waals surface area contributed by atoms with Crippen LogP contribution in [0.25, 0.3) is 0 Å². The third-order valence-corrected chi connectivity index (χ3v) is 5.40. The van der Waals surface area contributed by atoms with Gasteiger partial charge in [-0.15, -0.1) is 0 Å². The summed E-state index contributed by atoms with van der Waals surface area (Å²) in [6, 6.07) is 9.37. The standard InChI is InChI=1S/C22H22Br2N2O7/c1-3-32-18(8-9-19(28)26-31)21(16-10-14(23)11-17(24)20(16)29)33-22(30)25-15-6-4-13(5-7-15)12(2)27/h4-11,18,21,29,31H,3H2,1-2H3,(H,25,30)(H,26,28)/b9-8+/t18-,21-/m0/s1. The van der Waals surface area contributed by atoms with E-state index in [-0.39, 0.29) is 23.7 Å². The van der Waals surface area contributed by atoms with E-state index in [0.29, 0.717) is 20.2 Å². The van der Waals surface area contributed by atoms with Crippen LogP contribution in [0.15, 0.2) is 57.5 Å². The molecule has 2 amide bonds. The molecular weight excluding hydrogens is 564 g/mol. The van der Waals surface area contributed by atoms with Gasteiger partial charge >= 0.3 is 6.09 Å². The SMILES string of the molecule is CCO[C@@H](/C=C/C(=O)NO)[C@@H](OC(=O)Nc1ccc(C(C)=O)cc1)c1cc(Br)cc(Br)c1O. The zero-order valence-electron chi connectivity index (χ0n) is 17.7. The van der Waals surface area contributed by atoms with E-state index in [1.807, 2.05) is 0 Å². The van der Waals surface area contributed by atoms with Crippen molar-refractivity contribution in [1.29, 1.82) is 0 Å². The summed E-state index contributed by atoms with van der Waals surface area (Å²) in [6.07, 6.45) is -0.735. The van der Waals surface area contributed by atoms with Crippen LogP contribution in [0.3, 0.4) is 0 Å². The number of hydrogen-bond acceptors (Lipinski definition) is 7. The number of aromatic hydroxyl groups is 1. The molecule has 0 saturated carbocycles. The van der Waals surface area contributed by atoms with Crippen LogP contribution < -0.4 is 10.8 Å². The van der Waals surface area contributed by atoms with Crippen molar-refractivity contribution < 1.29 is 34.2 Å². The number of phenols is 1. The van der Waals surface area contributed by atoms with E-state index in [2.05, 4.69) is 37.2 Å². The molecule has 176 valence electrons. The summed E-state index contributed by atoms with van der Waals surface area (Å²) in [6.45, 7) is 3.33. The Bertz CT molecular complexity index is 1040. The van der Waals surface area contributed by atoms with Crippen molar-refractivity contribution in [2.45, 2.75) is 26.1 Å². The van der Waals surface area contributed by atoms with Crippen LogP contribution in [0.2, 0.25) is 0 Å². The maximum absolute atomic E-state index is 12.7. The first-order valence-electron chi connectivity index (χ1n) is 9.66. The van der Waals surface area contributed by atoms with Gasteiger partial charge in [-0.2, -0.15) is 0 Å². The molecular formula is C22H22Br2N2O7. The van der Waals surface area contributed by atoms with Gasteiger partial charge in [0.15, 0.2) is 11.9 Å². The van der Waals surface area contributed by atoms with Gasteiger partial charge in [0.2, 0.25) is 0 Å². The van der Waals surface area contributed by atoms with Crippen molar-refractivity contribution in [2.75, 3.05) is 11.9 Å². The van der Waals surface area contributed by atoms with Crippen molar-refractivity contribution in [1.82, 2.24) is 5.48 Å². The van der Waals surface area contributed by atoms with Gasteiger partial charge < -0.3 is 14.6 Å². The Morgan fingerprint density at radius 1 is 1.15 bits per heavy atom. The monoisotopic (exact) mass is 584 g/mol. The van der Waals surface area contributed by atoms with Crippen molar-refractivity contribution in [3.05, 3.63) is 68.6 Å². The van der Waals surface area contributed by atoms with Gasteiger partial charge in [-0.1, -0.05) is 15.9 Å². The number of hydroxylamine groups is 1. The average Bonchev–Trinajstić information content (AvgIpc) is 2.77. The summed E-state index contributed by atoms with van der Waals surface area (Å²) < 4.78 is 12.2. The third-order valence-electron chi connectivity index (χ3n) is 4.34. The highest BCUT2D eigenvalue weighted by Crippen LogP contribution is 2.39. The summed E-state index contributed by atoms with van der Waals surface area (Å²) in [5.41, 5.74) is 2.53. The van der Waals surface area contributed by atoms with Gasteiger partial charge in [0, 0.05) is 34.0 Å². The minimum Gasteiger partial charge on any atom is -0.506 e. The molecule has 2 aromatic rings. The summed E-state index contributed by atoms with van der Waals surface area (Å²) in [5, 5.41) is 21.9. The van der Waals surface area contributed by atoms with Gasteiger partial charge in [0.25, 0.3) is 5.91 Å². The van der Waals surface area contributed by atoms with Crippen LogP contribution in [-0.2, 0) is 14.3 Å². The van der Waals surface area contributed by atoms with E-state index >= 15 is 0 Å². The molecule has 33 heavy (non-hydrogen) atoms. The Labute approximate surface area is 207 Å². The first-order chi connectivity index (χ1) is 15.7. The molecule has 0 bridgehead atoms. The molecule has 2 rings (SSSR count). The normalized spacial score (nSPS) is 12.8. The van der Waals surface area contributed by atoms with Crippen molar-refractivity contribution in [3.8, 4) is 5.75 Å². The Morgan fingerprint density at radius 2 is 1.82 bits per heavy atom. The minimum atomic E-state index is -1.18. The number of benzene rings is 2. The molecule has 0 aliphatic heterocycles. The summed E-state index contributed by atoms with van der Waals surface area (Å²) in [7, 11) is 0. The summed E-state index contributed by atoms with van der Waals surface area (Å²) >= 11 is 6.58. The number of Topliss-reactive ketones (excluding diaryl/α,β-unsaturated/α-hetero) is 1. The van der Waals surface area contributed by atoms with Crippen LogP contribution in [-0.4, -0.2) is 40.8 Å². The molecule has 0 fully saturated rings. The van der Waals surface area contributed by atoms with Gasteiger partial charge in [-0.3, -0.25) is 20.1 Å². The second-order valence-electron chi connectivity index (χ2n) is 6.67. The van der Waals surface area contributed by atoms with Crippen LogP contribution >= 0.6 is 31.9 Å². The fraction of sp³-hybridized carbons (Fsp3) is 0.227. The van der Waals surface area contributed by atoms with Crippen LogP contribution in [0, 0.1) is 0 Å². The Balaban J connectivity index is 2.38. The number of amides is 2. The molecule has 0 radical (unpaired) electrons. The molecule has 0 heterocycles. The lowest BCUT2D eigenvalue weighted by Gasteiger charge is -2.26. The first kappa shape index (κ1) is 26.5. The van der Waals surface area contributed by atoms with Crippen molar-refractivity contribution in [2.24, 2.45) is 0 Å². The number of rotatable bonds is 9. The molecule has 0 unspecified atom stereocenters. The van der Waals surface area contributed by atoms with Crippen LogP contribution in [0.5, 0.6) is 5.75 Å². The van der Waals surface area contributed by atoms with Gasteiger partial charge in [0.05, 0.1) is 4.47 Å². The topological polar surface area (TPSA) is 134 Å². The smallest absolute Gasteiger partial charge is 0.412 e. The number of ether oxygens (including phenoxy) is 2. The number of halogens is 2. The highest BCUT2D eigenvalue weighted by atomic mass is 79.9. The second kappa shape index (κ2) is 12.5. The van der Waals surface area contributed by atoms with Crippen molar-refractivity contribution >= 4 is 55.3 Å². The number of carbonyl (C=O) groups is 3. The lowest BCUT2D eigenvalue weighted by molar-refractivity contribution is -0.124. The predicted molar refractivity (Wildman–Crippen MR) is 127 cm³/mol. The zero-order valence-corrected chi connectivity index (χ0v) is 20.8. The Kier molecular flexibility index (Phi) is 10.0. The lowest BCUT2D eigenvalue weighted by Crippen LogP contribution is -2.28. The van der Waals surface area contributed by atoms with E-state index in [1.165, 1.54) is 18.5 Å². The number of ketones is 1. The molecule has 11 heteroatoms. The van der Waals surface area contributed by atoms with Gasteiger partial charge in [-0.25, -0.2) is 10.3 Å². The quantitative estimate of drug-likeness (QED) is 0.143. The molecule has 4 N–H and O–H groups in total. The molecule has 0 spiro atoms. The third kappa shape index (κ3) is 7.67. The maximum atomic E-state index is 12.7. The Hall–Kier alpha value is -2.73. The Morgan fingerprint density at radius 3 is 2.39 bits per heavy atom. The molecule has 0 aromatic heterocycles. The van der Waals surface area contributed by atoms with E-state index in [9.17, 15) is 19.5 Å². The number of carbonyl (C=O) groups excluding carboxylic acids is 3.